The van der Waals surface area contributed by atoms with Gasteiger partial charge in [-0.2, -0.15) is 5.10 Å². The van der Waals surface area contributed by atoms with Crippen molar-refractivity contribution in [2.24, 2.45) is 10.2 Å². The molecule has 0 heterocycles. The zero-order valence-corrected chi connectivity index (χ0v) is 13.6. The molecule has 3 aromatic carbocycles. The van der Waals surface area contributed by atoms with Crippen molar-refractivity contribution in [3.8, 4) is 0 Å². The fraction of sp³-hybridized carbons (Fsp3) is 0. The lowest BCUT2D eigenvalue weighted by Crippen LogP contribution is -2.07. The minimum atomic E-state index is -2.22. The minimum absolute atomic E-state index is 0.372. The van der Waals surface area contributed by atoms with Gasteiger partial charge in [0.1, 0.15) is 5.71 Å². The largest absolute Gasteiger partial charge is 0.203 e. The van der Waals surface area contributed by atoms with Gasteiger partial charge in [-0.1, -0.05) is 60.7 Å². The third-order valence-corrected chi connectivity index (χ3v) is 3.68. The van der Waals surface area contributed by atoms with E-state index in [0.29, 0.717) is 23.1 Å². The number of rotatable bonds is 4. The van der Waals surface area contributed by atoms with Gasteiger partial charge in [-0.05, 0) is 0 Å². The molecule has 0 amide bonds. The van der Waals surface area contributed by atoms with Gasteiger partial charge >= 0.3 is 0 Å². The van der Waals surface area contributed by atoms with Crippen molar-refractivity contribution in [2.45, 2.75) is 0 Å². The Morgan fingerprint density at radius 2 is 1.00 bits per heavy atom. The van der Waals surface area contributed by atoms with Gasteiger partial charge in [-0.3, -0.25) is 0 Å². The number of hydrogen-bond donors (Lipinski definition) is 0. The van der Waals surface area contributed by atoms with Gasteiger partial charge in [-0.25, -0.2) is 22.0 Å². The molecule has 0 atom stereocenters. The first-order valence-electron chi connectivity index (χ1n) is 7.74. The van der Waals surface area contributed by atoms with Gasteiger partial charge in [0, 0.05) is 11.1 Å². The van der Waals surface area contributed by atoms with Crippen LogP contribution < -0.4 is 0 Å². The van der Waals surface area contributed by atoms with Gasteiger partial charge in [0.25, 0.3) is 0 Å². The fourth-order valence-electron chi connectivity index (χ4n) is 2.35. The minimum Gasteiger partial charge on any atom is -0.203 e. The molecule has 0 aromatic heterocycles. The molecule has 3 aromatic rings. The first-order valence-corrected chi connectivity index (χ1v) is 7.74. The van der Waals surface area contributed by atoms with E-state index in [1.165, 1.54) is 0 Å². The van der Waals surface area contributed by atoms with Crippen LogP contribution in [0.3, 0.4) is 0 Å². The molecule has 0 radical (unpaired) electrons. The molecule has 0 saturated heterocycles. The van der Waals surface area contributed by atoms with Crippen LogP contribution in [-0.4, -0.2) is 11.9 Å². The van der Waals surface area contributed by atoms with E-state index in [9.17, 15) is 22.0 Å². The number of hydrogen-bond acceptors (Lipinski definition) is 2. The summed E-state index contributed by atoms with van der Waals surface area (Å²) in [6, 6.07) is 17.7. The summed E-state index contributed by atoms with van der Waals surface area (Å²) in [6.45, 7) is 0. The molecular formula is C20H11F5N2. The summed E-state index contributed by atoms with van der Waals surface area (Å²) < 4.78 is 67.0. The van der Waals surface area contributed by atoms with E-state index in [2.05, 4.69) is 10.2 Å². The van der Waals surface area contributed by atoms with Gasteiger partial charge in [0.15, 0.2) is 23.3 Å². The lowest BCUT2D eigenvalue weighted by Gasteiger charge is -2.05. The average Bonchev–Trinajstić information content (AvgIpc) is 2.71. The van der Waals surface area contributed by atoms with Crippen LogP contribution in [0.2, 0.25) is 0 Å². The van der Waals surface area contributed by atoms with Crippen molar-refractivity contribution in [2.75, 3.05) is 0 Å². The van der Waals surface area contributed by atoms with E-state index in [-0.39, 0.29) is 0 Å². The Bertz CT molecular complexity index is 945. The Hall–Kier alpha value is -3.35. The Labute approximate surface area is 151 Å². The zero-order chi connectivity index (χ0) is 19.4. The van der Waals surface area contributed by atoms with Crippen molar-refractivity contribution < 1.29 is 22.0 Å². The average molecular weight is 374 g/mol. The van der Waals surface area contributed by atoms with Gasteiger partial charge in [-0.15, -0.1) is 5.10 Å². The van der Waals surface area contributed by atoms with Crippen molar-refractivity contribution >= 4 is 11.9 Å². The molecule has 0 aliphatic heterocycles. The van der Waals surface area contributed by atoms with E-state index in [1.807, 2.05) is 0 Å². The highest BCUT2D eigenvalue weighted by atomic mass is 19.2. The normalized spacial score (nSPS) is 11.0. The van der Waals surface area contributed by atoms with Crippen molar-refractivity contribution in [1.82, 2.24) is 0 Å². The Kier molecular flexibility index (Phi) is 5.40. The molecule has 0 saturated carbocycles. The molecule has 0 fully saturated rings. The number of nitrogens with zero attached hydrogens (tertiary/aromatic N) is 2. The van der Waals surface area contributed by atoms with Crippen molar-refractivity contribution in [1.29, 1.82) is 0 Å². The highest BCUT2D eigenvalue weighted by Crippen LogP contribution is 2.21. The monoisotopic (exact) mass is 374 g/mol. The van der Waals surface area contributed by atoms with Crippen LogP contribution in [0, 0.1) is 29.1 Å². The maximum atomic E-state index is 13.7. The molecule has 0 aliphatic rings. The lowest BCUT2D eigenvalue weighted by molar-refractivity contribution is 0.377. The maximum Gasteiger partial charge on any atom is 0.200 e. The number of halogens is 5. The SMILES string of the molecule is Fc1c(F)c(F)c(/C=N/N=C(c2ccccc2)c2ccccc2)c(F)c1F. The van der Waals surface area contributed by atoms with Crippen LogP contribution in [-0.2, 0) is 0 Å². The molecule has 136 valence electrons. The van der Waals surface area contributed by atoms with E-state index in [0.717, 1.165) is 0 Å². The van der Waals surface area contributed by atoms with E-state index >= 15 is 0 Å². The lowest BCUT2D eigenvalue weighted by atomic mass is 10.0. The second-order valence-corrected chi connectivity index (χ2v) is 5.41. The third-order valence-electron chi connectivity index (χ3n) is 3.68. The summed E-state index contributed by atoms with van der Waals surface area (Å²) in [7, 11) is 0. The fourth-order valence-corrected chi connectivity index (χ4v) is 2.35. The molecule has 0 spiro atoms. The second kappa shape index (κ2) is 7.90. The highest BCUT2D eigenvalue weighted by Gasteiger charge is 2.24. The molecule has 3 rings (SSSR count). The summed E-state index contributed by atoms with van der Waals surface area (Å²) in [5.74, 6) is -10.2. The zero-order valence-electron chi connectivity index (χ0n) is 13.6. The van der Waals surface area contributed by atoms with Crippen molar-refractivity contribution in [3.63, 3.8) is 0 Å². The first kappa shape index (κ1) is 18.4. The third kappa shape index (κ3) is 3.76. The Morgan fingerprint density at radius 3 is 1.44 bits per heavy atom. The summed E-state index contributed by atoms with van der Waals surface area (Å²) >= 11 is 0. The van der Waals surface area contributed by atoms with Crippen LogP contribution >= 0.6 is 0 Å². The summed E-state index contributed by atoms with van der Waals surface area (Å²) in [5.41, 5.74) is 0.545. The smallest absolute Gasteiger partial charge is 0.200 e. The summed E-state index contributed by atoms with van der Waals surface area (Å²) in [5, 5.41) is 7.49. The number of benzene rings is 3. The quantitative estimate of drug-likeness (QED) is 0.196. The van der Waals surface area contributed by atoms with Crippen LogP contribution in [0.1, 0.15) is 16.7 Å². The molecule has 27 heavy (non-hydrogen) atoms. The predicted octanol–water partition coefficient (Wildman–Crippen LogP) is 5.25. The van der Waals surface area contributed by atoms with Crippen LogP contribution in [0.25, 0.3) is 0 Å². The molecule has 2 nitrogen and oxygen atoms in total. The maximum absolute atomic E-state index is 13.7. The van der Waals surface area contributed by atoms with E-state index in [4.69, 9.17) is 0 Å². The first-order chi connectivity index (χ1) is 13.0. The topological polar surface area (TPSA) is 24.7 Å². The van der Waals surface area contributed by atoms with Crippen LogP contribution in [0.4, 0.5) is 22.0 Å². The molecule has 7 heteroatoms. The van der Waals surface area contributed by atoms with Gasteiger partial charge in [0.2, 0.25) is 5.82 Å². The molecule has 0 unspecified atom stereocenters. The molecule has 0 bridgehead atoms. The summed E-state index contributed by atoms with van der Waals surface area (Å²) in [4.78, 5) is 0. The Balaban J connectivity index is 2.06. The molecular weight excluding hydrogens is 363 g/mol. The van der Waals surface area contributed by atoms with E-state index in [1.54, 1.807) is 60.7 Å². The molecule has 0 N–H and O–H groups in total. The van der Waals surface area contributed by atoms with E-state index < -0.39 is 34.6 Å². The Morgan fingerprint density at radius 1 is 0.593 bits per heavy atom. The van der Waals surface area contributed by atoms with Gasteiger partial charge < -0.3 is 0 Å². The summed E-state index contributed by atoms with van der Waals surface area (Å²) in [6.07, 6.45) is 0.502. The van der Waals surface area contributed by atoms with Crippen LogP contribution in [0.15, 0.2) is 70.9 Å². The highest BCUT2D eigenvalue weighted by molar-refractivity contribution is 6.12. The standard InChI is InChI=1S/C20H11F5N2/c21-15-14(16(22)18(24)19(25)17(15)23)11-26-27-20(12-7-3-1-4-8-12)13-9-5-2-6-10-13/h1-11H/b26-11+. The molecule has 0 aliphatic carbocycles. The van der Waals surface area contributed by atoms with Gasteiger partial charge in [0.05, 0.1) is 11.8 Å². The second-order valence-electron chi connectivity index (χ2n) is 5.41. The van der Waals surface area contributed by atoms with Crippen molar-refractivity contribution in [3.05, 3.63) is 106 Å². The van der Waals surface area contributed by atoms with Crippen LogP contribution in [0.5, 0.6) is 0 Å². The predicted molar refractivity (Wildman–Crippen MR) is 92.3 cm³/mol.